The van der Waals surface area contributed by atoms with E-state index in [1.807, 2.05) is 31.2 Å². The van der Waals surface area contributed by atoms with Crippen LogP contribution in [0.25, 0.3) is 0 Å². The summed E-state index contributed by atoms with van der Waals surface area (Å²) >= 11 is 0. The normalized spacial score (nSPS) is 17.5. The zero-order valence-electron chi connectivity index (χ0n) is 13.6. The smallest absolute Gasteiger partial charge is 0.255 e. The standard InChI is InChI=1S/C19H20N2O3/c1-14-7-8-16(12-20-14)19(23)21-9-10-24-13-17(21)11-18(22)15-5-3-2-4-6-15/h2-8,12,17H,9-11,13H2,1H3/t17-/m0/s1. The van der Waals surface area contributed by atoms with Gasteiger partial charge in [0, 0.05) is 30.4 Å². The van der Waals surface area contributed by atoms with E-state index in [0.717, 1.165) is 5.69 Å². The first-order chi connectivity index (χ1) is 11.6. The van der Waals surface area contributed by atoms with E-state index in [4.69, 9.17) is 4.74 Å². The van der Waals surface area contributed by atoms with Crippen molar-refractivity contribution >= 4 is 11.7 Å². The quantitative estimate of drug-likeness (QED) is 0.811. The number of Topliss-reactive ketones (excluding diaryl/α,β-unsaturated/α-hetero) is 1. The first kappa shape index (κ1) is 16.3. The number of morpholine rings is 1. The molecule has 3 rings (SSSR count). The third-order valence-electron chi connectivity index (χ3n) is 4.16. The maximum absolute atomic E-state index is 12.8. The Bertz CT molecular complexity index is 713. The van der Waals surface area contributed by atoms with Crippen LogP contribution in [0.15, 0.2) is 48.7 Å². The summed E-state index contributed by atoms with van der Waals surface area (Å²) in [6.45, 7) is 3.23. The predicted molar refractivity (Wildman–Crippen MR) is 90.0 cm³/mol. The van der Waals surface area contributed by atoms with Gasteiger partial charge in [0.15, 0.2) is 5.78 Å². The molecule has 0 saturated carbocycles. The highest BCUT2D eigenvalue weighted by atomic mass is 16.5. The fraction of sp³-hybridized carbons (Fsp3) is 0.316. The van der Waals surface area contributed by atoms with Crippen LogP contribution in [0, 0.1) is 6.92 Å². The van der Waals surface area contributed by atoms with Gasteiger partial charge in [0.2, 0.25) is 0 Å². The van der Waals surface area contributed by atoms with Crippen molar-refractivity contribution in [2.24, 2.45) is 0 Å². The van der Waals surface area contributed by atoms with Crippen LogP contribution >= 0.6 is 0 Å². The van der Waals surface area contributed by atoms with Gasteiger partial charge in [-0.2, -0.15) is 0 Å². The molecule has 1 fully saturated rings. The number of ether oxygens (including phenoxy) is 1. The molecule has 1 aliphatic rings. The van der Waals surface area contributed by atoms with Gasteiger partial charge >= 0.3 is 0 Å². The van der Waals surface area contributed by atoms with Gasteiger partial charge in [0.1, 0.15) is 0 Å². The van der Waals surface area contributed by atoms with Crippen LogP contribution in [0.1, 0.15) is 32.8 Å². The number of amides is 1. The van der Waals surface area contributed by atoms with Crippen molar-refractivity contribution in [2.75, 3.05) is 19.8 Å². The van der Waals surface area contributed by atoms with Crippen molar-refractivity contribution in [1.82, 2.24) is 9.88 Å². The lowest BCUT2D eigenvalue weighted by Gasteiger charge is -2.35. The van der Waals surface area contributed by atoms with Crippen molar-refractivity contribution in [2.45, 2.75) is 19.4 Å². The van der Waals surface area contributed by atoms with E-state index in [0.29, 0.717) is 30.9 Å². The Morgan fingerprint density at radius 2 is 1.96 bits per heavy atom. The Hall–Kier alpha value is -2.53. The highest BCUT2D eigenvalue weighted by Gasteiger charge is 2.30. The lowest BCUT2D eigenvalue weighted by molar-refractivity contribution is -0.00283. The summed E-state index contributed by atoms with van der Waals surface area (Å²) in [6.07, 6.45) is 1.85. The number of carbonyl (C=O) groups excluding carboxylic acids is 2. The van der Waals surface area contributed by atoms with Gasteiger partial charge < -0.3 is 9.64 Å². The number of rotatable bonds is 4. The summed E-state index contributed by atoms with van der Waals surface area (Å²) in [4.78, 5) is 31.1. The Kier molecular flexibility index (Phi) is 5.01. The third kappa shape index (κ3) is 3.68. The molecule has 0 unspecified atom stereocenters. The van der Waals surface area contributed by atoms with Crippen LogP contribution in [0.4, 0.5) is 0 Å². The molecule has 124 valence electrons. The predicted octanol–water partition coefficient (Wildman–Crippen LogP) is 2.50. The van der Waals surface area contributed by atoms with Crippen molar-refractivity contribution in [3.05, 3.63) is 65.5 Å². The number of aromatic nitrogens is 1. The highest BCUT2D eigenvalue weighted by molar-refractivity contribution is 5.98. The van der Waals surface area contributed by atoms with Crippen molar-refractivity contribution in [1.29, 1.82) is 0 Å². The summed E-state index contributed by atoms with van der Waals surface area (Å²) in [7, 11) is 0. The Morgan fingerprint density at radius 1 is 1.17 bits per heavy atom. The molecule has 1 amide bonds. The van der Waals surface area contributed by atoms with Crippen LogP contribution in [0.3, 0.4) is 0 Å². The Balaban J connectivity index is 1.74. The zero-order chi connectivity index (χ0) is 16.9. The minimum absolute atomic E-state index is 0.0194. The van der Waals surface area contributed by atoms with Crippen molar-refractivity contribution < 1.29 is 14.3 Å². The first-order valence-electron chi connectivity index (χ1n) is 8.05. The lowest BCUT2D eigenvalue weighted by atomic mass is 10.0. The van der Waals surface area contributed by atoms with Gasteiger partial charge in [-0.15, -0.1) is 0 Å². The fourth-order valence-corrected chi connectivity index (χ4v) is 2.81. The largest absolute Gasteiger partial charge is 0.377 e. The molecule has 5 heteroatoms. The molecule has 1 saturated heterocycles. The van der Waals surface area contributed by atoms with Gasteiger partial charge in [-0.25, -0.2) is 0 Å². The van der Waals surface area contributed by atoms with E-state index in [-0.39, 0.29) is 24.2 Å². The second-order valence-electron chi connectivity index (χ2n) is 5.91. The highest BCUT2D eigenvalue weighted by Crippen LogP contribution is 2.17. The minimum atomic E-state index is -0.250. The summed E-state index contributed by atoms with van der Waals surface area (Å²) in [5.74, 6) is -0.0809. The topological polar surface area (TPSA) is 59.5 Å². The van der Waals surface area contributed by atoms with Crippen molar-refractivity contribution in [3.63, 3.8) is 0 Å². The second kappa shape index (κ2) is 7.36. The maximum Gasteiger partial charge on any atom is 0.255 e. The number of aryl methyl sites for hydroxylation is 1. The van der Waals surface area contributed by atoms with Crippen LogP contribution < -0.4 is 0 Å². The number of nitrogens with zero attached hydrogens (tertiary/aromatic N) is 2. The van der Waals surface area contributed by atoms with Crippen LogP contribution in [0.5, 0.6) is 0 Å². The van der Waals surface area contributed by atoms with E-state index >= 15 is 0 Å². The molecular formula is C19H20N2O3. The molecule has 1 atom stereocenters. The number of benzene rings is 1. The molecule has 1 aliphatic heterocycles. The molecule has 0 N–H and O–H groups in total. The minimum Gasteiger partial charge on any atom is -0.377 e. The average Bonchev–Trinajstić information content (AvgIpc) is 2.63. The van der Waals surface area contributed by atoms with Gasteiger partial charge in [0.25, 0.3) is 5.91 Å². The lowest BCUT2D eigenvalue weighted by Crippen LogP contribution is -2.49. The number of hydrogen-bond donors (Lipinski definition) is 0. The SMILES string of the molecule is Cc1ccc(C(=O)N2CCOC[C@@H]2CC(=O)c2ccccc2)cn1. The number of carbonyl (C=O) groups is 2. The molecule has 2 aromatic rings. The number of hydrogen-bond acceptors (Lipinski definition) is 4. The summed E-state index contributed by atoms with van der Waals surface area (Å²) < 4.78 is 5.49. The number of ketones is 1. The Morgan fingerprint density at radius 3 is 2.67 bits per heavy atom. The monoisotopic (exact) mass is 324 g/mol. The van der Waals surface area contributed by atoms with E-state index in [1.54, 1.807) is 29.3 Å². The Labute approximate surface area is 141 Å². The van der Waals surface area contributed by atoms with Gasteiger partial charge in [-0.05, 0) is 19.1 Å². The van der Waals surface area contributed by atoms with Crippen LogP contribution in [0.2, 0.25) is 0 Å². The van der Waals surface area contributed by atoms with Gasteiger partial charge in [-0.3, -0.25) is 14.6 Å². The van der Waals surface area contributed by atoms with Crippen LogP contribution in [-0.4, -0.2) is 47.4 Å². The third-order valence-corrected chi connectivity index (χ3v) is 4.16. The molecular weight excluding hydrogens is 304 g/mol. The van der Waals surface area contributed by atoms with E-state index in [1.165, 1.54) is 0 Å². The van der Waals surface area contributed by atoms with Crippen molar-refractivity contribution in [3.8, 4) is 0 Å². The first-order valence-corrected chi connectivity index (χ1v) is 8.05. The molecule has 0 aliphatic carbocycles. The number of pyridine rings is 1. The van der Waals surface area contributed by atoms with Gasteiger partial charge in [0.05, 0.1) is 24.8 Å². The second-order valence-corrected chi connectivity index (χ2v) is 5.91. The average molecular weight is 324 g/mol. The molecule has 24 heavy (non-hydrogen) atoms. The molecule has 0 radical (unpaired) electrons. The van der Waals surface area contributed by atoms with E-state index in [2.05, 4.69) is 4.98 Å². The molecule has 1 aromatic heterocycles. The van der Waals surface area contributed by atoms with Gasteiger partial charge in [-0.1, -0.05) is 30.3 Å². The summed E-state index contributed by atoms with van der Waals surface area (Å²) in [6, 6.07) is 12.5. The van der Waals surface area contributed by atoms with E-state index < -0.39 is 0 Å². The summed E-state index contributed by atoms with van der Waals surface area (Å²) in [5.41, 5.74) is 2.07. The molecule has 0 bridgehead atoms. The molecule has 1 aromatic carbocycles. The summed E-state index contributed by atoms with van der Waals surface area (Å²) in [5, 5.41) is 0. The molecule has 2 heterocycles. The maximum atomic E-state index is 12.8. The van der Waals surface area contributed by atoms with Crippen LogP contribution in [-0.2, 0) is 4.74 Å². The fourth-order valence-electron chi connectivity index (χ4n) is 2.81. The molecule has 5 nitrogen and oxygen atoms in total. The zero-order valence-corrected chi connectivity index (χ0v) is 13.6. The van der Waals surface area contributed by atoms with E-state index in [9.17, 15) is 9.59 Å². The molecule has 0 spiro atoms.